The fraction of sp³-hybridized carbons (Fsp3) is 0.875. The number of likely N-dealkylation sites (N-methyl/N-ethyl adjacent to an activating group) is 1. The van der Waals surface area contributed by atoms with Crippen molar-refractivity contribution < 1.29 is 4.52 Å². The number of aromatic nitrogens is 2. The van der Waals surface area contributed by atoms with Crippen LogP contribution in [-0.2, 0) is 0 Å². The molecule has 1 aromatic heterocycles. The van der Waals surface area contributed by atoms with Crippen molar-refractivity contribution in [3.8, 4) is 0 Å². The zero-order valence-corrected chi connectivity index (χ0v) is 12.6. The average molecular weight is 277 g/mol. The Hall–Kier alpha value is -0.900. The van der Waals surface area contributed by atoms with E-state index in [-0.39, 0.29) is 0 Å². The molecule has 1 N–H and O–H groups in total. The molecular weight excluding hydrogens is 250 g/mol. The lowest BCUT2D eigenvalue weighted by molar-refractivity contribution is 0.327. The summed E-state index contributed by atoms with van der Waals surface area (Å²) < 4.78 is 5.60. The van der Waals surface area contributed by atoms with Gasteiger partial charge in [-0.1, -0.05) is 43.7 Å². The molecule has 4 nitrogen and oxygen atoms in total. The summed E-state index contributed by atoms with van der Waals surface area (Å²) in [7, 11) is 2.04. The highest BCUT2D eigenvalue weighted by atomic mass is 16.5. The highest BCUT2D eigenvalue weighted by molar-refractivity contribution is 5.05. The monoisotopic (exact) mass is 277 g/mol. The van der Waals surface area contributed by atoms with E-state index in [1.54, 1.807) is 0 Å². The lowest BCUT2D eigenvalue weighted by Gasteiger charge is -2.16. The van der Waals surface area contributed by atoms with Gasteiger partial charge in [0, 0.05) is 12.0 Å². The van der Waals surface area contributed by atoms with Crippen LogP contribution in [0, 0.1) is 0 Å². The normalized spacial score (nSPS) is 29.2. The van der Waals surface area contributed by atoms with Gasteiger partial charge >= 0.3 is 0 Å². The minimum atomic E-state index is 0.426. The Balaban J connectivity index is 1.69. The first-order chi connectivity index (χ1) is 9.88. The molecule has 2 unspecified atom stereocenters. The smallest absolute Gasteiger partial charge is 0.231 e. The molecule has 20 heavy (non-hydrogen) atoms. The van der Waals surface area contributed by atoms with E-state index in [1.165, 1.54) is 64.2 Å². The quantitative estimate of drug-likeness (QED) is 0.914. The first kappa shape index (κ1) is 14.1. The Kier molecular flexibility index (Phi) is 4.71. The number of hydrogen-bond acceptors (Lipinski definition) is 4. The molecule has 0 aromatic carbocycles. The van der Waals surface area contributed by atoms with Gasteiger partial charge in [0.2, 0.25) is 5.89 Å². The second-order valence-corrected chi connectivity index (χ2v) is 6.47. The Labute approximate surface area is 121 Å². The van der Waals surface area contributed by atoms with Crippen LogP contribution >= 0.6 is 0 Å². The summed E-state index contributed by atoms with van der Waals surface area (Å²) in [5.74, 6) is 2.81. The SMILES string of the molecule is CNC1CCCC1c1nc(C2CCCCCCC2)no1. The van der Waals surface area contributed by atoms with Crippen molar-refractivity contribution in [2.75, 3.05) is 7.05 Å². The summed E-state index contributed by atoms with van der Waals surface area (Å²) in [6.45, 7) is 0. The number of hydrogen-bond donors (Lipinski definition) is 1. The Morgan fingerprint density at radius 1 is 0.950 bits per heavy atom. The minimum Gasteiger partial charge on any atom is -0.339 e. The zero-order valence-electron chi connectivity index (χ0n) is 12.6. The van der Waals surface area contributed by atoms with E-state index in [1.807, 2.05) is 7.05 Å². The van der Waals surface area contributed by atoms with Gasteiger partial charge in [-0.3, -0.25) is 0 Å². The number of nitrogens with one attached hydrogen (secondary N) is 1. The number of rotatable bonds is 3. The zero-order chi connectivity index (χ0) is 13.8. The first-order valence-electron chi connectivity index (χ1n) is 8.39. The van der Waals surface area contributed by atoms with E-state index in [4.69, 9.17) is 9.51 Å². The predicted molar refractivity (Wildman–Crippen MR) is 78.8 cm³/mol. The Bertz CT molecular complexity index is 410. The molecule has 0 radical (unpaired) electrons. The molecule has 2 atom stereocenters. The topological polar surface area (TPSA) is 51.0 Å². The summed E-state index contributed by atoms with van der Waals surface area (Å²) in [5.41, 5.74) is 0. The molecular formula is C16H27N3O. The van der Waals surface area contributed by atoms with Gasteiger partial charge < -0.3 is 9.84 Å². The molecule has 0 bridgehead atoms. The van der Waals surface area contributed by atoms with Gasteiger partial charge in [0.25, 0.3) is 0 Å². The van der Waals surface area contributed by atoms with Gasteiger partial charge in [0.15, 0.2) is 5.82 Å². The molecule has 0 spiro atoms. The summed E-state index contributed by atoms with van der Waals surface area (Å²) in [6.07, 6.45) is 12.9. The molecule has 1 aromatic rings. The molecule has 0 saturated heterocycles. The third kappa shape index (κ3) is 3.05. The molecule has 0 amide bonds. The molecule has 0 aliphatic heterocycles. The van der Waals surface area contributed by atoms with Gasteiger partial charge in [0.05, 0.1) is 5.92 Å². The van der Waals surface area contributed by atoms with Gasteiger partial charge in [-0.2, -0.15) is 4.98 Å². The number of nitrogens with zero attached hydrogens (tertiary/aromatic N) is 2. The fourth-order valence-corrected chi connectivity index (χ4v) is 3.88. The second-order valence-electron chi connectivity index (χ2n) is 6.47. The molecule has 2 aliphatic carbocycles. The lowest BCUT2D eigenvalue weighted by atomic mass is 9.91. The molecule has 2 saturated carbocycles. The van der Waals surface area contributed by atoms with Crippen LogP contribution in [0.1, 0.15) is 87.8 Å². The summed E-state index contributed by atoms with van der Waals surface area (Å²) in [6, 6.07) is 0.514. The van der Waals surface area contributed by atoms with Crippen LogP contribution in [0.2, 0.25) is 0 Å². The van der Waals surface area contributed by atoms with Crippen molar-refractivity contribution in [2.45, 2.75) is 82.1 Å². The van der Waals surface area contributed by atoms with E-state index >= 15 is 0 Å². The van der Waals surface area contributed by atoms with E-state index in [0.717, 1.165) is 11.7 Å². The van der Waals surface area contributed by atoms with Crippen molar-refractivity contribution in [1.29, 1.82) is 0 Å². The maximum atomic E-state index is 5.60. The lowest BCUT2D eigenvalue weighted by Crippen LogP contribution is -2.27. The van der Waals surface area contributed by atoms with Crippen LogP contribution < -0.4 is 5.32 Å². The van der Waals surface area contributed by atoms with Crippen molar-refractivity contribution in [2.24, 2.45) is 0 Å². The van der Waals surface area contributed by atoms with Crippen molar-refractivity contribution in [3.05, 3.63) is 11.7 Å². The molecule has 1 heterocycles. The van der Waals surface area contributed by atoms with Gasteiger partial charge in [-0.05, 0) is 32.7 Å². The third-order valence-corrected chi connectivity index (χ3v) is 5.13. The van der Waals surface area contributed by atoms with Crippen LogP contribution in [0.15, 0.2) is 4.52 Å². The van der Waals surface area contributed by atoms with Crippen molar-refractivity contribution >= 4 is 0 Å². The molecule has 4 heteroatoms. The van der Waals surface area contributed by atoms with E-state index in [9.17, 15) is 0 Å². The molecule has 3 rings (SSSR count). The van der Waals surface area contributed by atoms with Crippen LogP contribution in [-0.4, -0.2) is 23.2 Å². The standard InChI is InChI=1S/C16H27N3O/c1-17-14-11-7-10-13(14)16-18-15(19-20-16)12-8-5-3-2-4-6-9-12/h12-14,17H,2-11H2,1H3. The minimum absolute atomic E-state index is 0.426. The predicted octanol–water partition coefficient (Wildman–Crippen LogP) is 3.75. The van der Waals surface area contributed by atoms with Gasteiger partial charge in [-0.15, -0.1) is 0 Å². The first-order valence-corrected chi connectivity index (χ1v) is 8.39. The maximum absolute atomic E-state index is 5.60. The van der Waals surface area contributed by atoms with Crippen molar-refractivity contribution in [3.63, 3.8) is 0 Å². The highest BCUT2D eigenvalue weighted by Gasteiger charge is 2.32. The molecule has 2 fully saturated rings. The van der Waals surface area contributed by atoms with Crippen LogP contribution in [0.4, 0.5) is 0 Å². The largest absolute Gasteiger partial charge is 0.339 e. The fourth-order valence-electron chi connectivity index (χ4n) is 3.88. The maximum Gasteiger partial charge on any atom is 0.231 e. The van der Waals surface area contributed by atoms with Gasteiger partial charge in [0.1, 0.15) is 0 Å². The average Bonchev–Trinajstić information content (AvgIpc) is 3.06. The van der Waals surface area contributed by atoms with Crippen molar-refractivity contribution in [1.82, 2.24) is 15.5 Å². The Morgan fingerprint density at radius 3 is 2.45 bits per heavy atom. The van der Waals surface area contributed by atoms with Crippen LogP contribution in [0.3, 0.4) is 0 Å². The second kappa shape index (κ2) is 6.70. The highest BCUT2D eigenvalue weighted by Crippen LogP contribution is 2.35. The third-order valence-electron chi connectivity index (χ3n) is 5.13. The van der Waals surface area contributed by atoms with Crippen LogP contribution in [0.5, 0.6) is 0 Å². The van der Waals surface area contributed by atoms with E-state index in [0.29, 0.717) is 17.9 Å². The summed E-state index contributed by atoms with van der Waals surface area (Å²) in [5, 5.41) is 7.70. The summed E-state index contributed by atoms with van der Waals surface area (Å²) in [4.78, 5) is 4.77. The molecule has 2 aliphatic rings. The van der Waals surface area contributed by atoms with E-state index in [2.05, 4.69) is 10.5 Å². The van der Waals surface area contributed by atoms with E-state index < -0.39 is 0 Å². The van der Waals surface area contributed by atoms with Gasteiger partial charge in [-0.25, -0.2) is 0 Å². The molecule has 112 valence electrons. The Morgan fingerprint density at radius 2 is 1.70 bits per heavy atom. The van der Waals surface area contributed by atoms with Crippen LogP contribution in [0.25, 0.3) is 0 Å². The summed E-state index contributed by atoms with van der Waals surface area (Å²) >= 11 is 0.